The molecule has 0 unspecified atom stereocenters. The second kappa shape index (κ2) is 12.9. The fourth-order valence-corrected chi connectivity index (χ4v) is 3.29. The van der Waals surface area contributed by atoms with Crippen molar-refractivity contribution in [2.75, 3.05) is 0 Å². The molecule has 0 aliphatic rings. The van der Waals surface area contributed by atoms with Crippen molar-refractivity contribution >= 4 is 5.69 Å². The maximum atomic E-state index is 9.06. The van der Waals surface area contributed by atoms with Crippen LogP contribution in [0.15, 0.2) is 103 Å². The van der Waals surface area contributed by atoms with E-state index in [9.17, 15) is 0 Å². The Kier molecular flexibility index (Phi) is 7.90. The van der Waals surface area contributed by atoms with Crippen LogP contribution in [0.1, 0.15) is 15.2 Å². The molecule has 2 heterocycles. The number of aromatic nitrogens is 2. The van der Waals surface area contributed by atoms with E-state index >= 15 is 0 Å². The molecule has 3 aromatic carbocycles. The third-order valence-corrected chi connectivity index (χ3v) is 5.05. The van der Waals surface area contributed by atoms with Gasteiger partial charge >= 0.3 is 0 Å². The first-order valence-corrected chi connectivity index (χ1v) is 10.7. The molecule has 36 heavy (non-hydrogen) atoms. The zero-order valence-electron chi connectivity index (χ0n) is 21.9. The molecule has 1 radical (unpaired) electrons. The molecular formula is C31H20IrN4-2. The minimum absolute atomic E-state index is 0. The molecule has 0 saturated carbocycles. The van der Waals surface area contributed by atoms with Gasteiger partial charge in [0.1, 0.15) is 5.69 Å². The van der Waals surface area contributed by atoms with E-state index in [2.05, 4.69) is 45.1 Å². The summed E-state index contributed by atoms with van der Waals surface area (Å²) >= 11 is 0. The summed E-state index contributed by atoms with van der Waals surface area (Å²) in [6.07, 6.45) is 3.16. The van der Waals surface area contributed by atoms with E-state index in [1.807, 2.05) is 60.8 Å². The van der Waals surface area contributed by atoms with Gasteiger partial charge in [0.2, 0.25) is 0 Å². The first-order valence-electron chi connectivity index (χ1n) is 12.2. The predicted octanol–water partition coefficient (Wildman–Crippen LogP) is 7.49. The van der Waals surface area contributed by atoms with Gasteiger partial charge in [-0.25, -0.2) is 5.26 Å². The Bertz CT molecular complexity index is 1530. The molecule has 5 rings (SSSR count). The van der Waals surface area contributed by atoms with Gasteiger partial charge in [-0.1, -0.05) is 54.6 Å². The Labute approximate surface area is 229 Å². The Balaban J connectivity index is 0.000000211. The molecule has 0 spiro atoms. The largest absolute Gasteiger partial charge is 0.304 e. The van der Waals surface area contributed by atoms with Crippen molar-refractivity contribution in [3.8, 4) is 39.7 Å². The van der Waals surface area contributed by atoms with Crippen LogP contribution in [0, 0.1) is 36.9 Å². The second-order valence-corrected chi connectivity index (χ2v) is 7.36. The standard InChI is InChI=1S/C17H12N.C14H8N3.Ir/c1-3-7-14(8-4-1)16-11-12-17(18-13-16)15-9-5-2-6-10-15;1-10-3-6-14(17-9-10)13-7-12(16-2)5-4-11(13)8-15;/h1-9,11-13H;3-6,9H,1H3;/q2*-1;/i;1D3;. The van der Waals surface area contributed by atoms with Gasteiger partial charge in [0.15, 0.2) is 0 Å². The van der Waals surface area contributed by atoms with Gasteiger partial charge < -0.3 is 9.97 Å². The molecule has 0 fully saturated rings. The number of aryl methyl sites for hydroxylation is 1. The van der Waals surface area contributed by atoms with Crippen LogP contribution >= 0.6 is 0 Å². The van der Waals surface area contributed by atoms with Crippen LogP contribution in [0.4, 0.5) is 5.69 Å². The summed E-state index contributed by atoms with van der Waals surface area (Å²) in [5, 5.41) is 9.06. The molecule has 2 aromatic heterocycles. The van der Waals surface area contributed by atoms with Gasteiger partial charge in [-0.05, 0) is 40.5 Å². The fourth-order valence-electron chi connectivity index (χ4n) is 3.29. The number of pyridine rings is 2. The number of hydrogen-bond acceptors (Lipinski definition) is 3. The second-order valence-electron chi connectivity index (χ2n) is 7.36. The number of rotatable bonds is 3. The minimum Gasteiger partial charge on any atom is -0.304 e. The van der Waals surface area contributed by atoms with Crippen molar-refractivity contribution in [3.63, 3.8) is 0 Å². The molecule has 5 aromatic rings. The molecule has 0 atom stereocenters. The summed E-state index contributed by atoms with van der Waals surface area (Å²) < 4.78 is 21.9. The van der Waals surface area contributed by atoms with Crippen LogP contribution in [0.3, 0.4) is 0 Å². The smallest absolute Gasteiger partial charge is 0.106 e. The SMILES string of the molecule is [2H]C([2H])([2H])c1ccc(-c2[c-]c([N+]#[C-])ccc2C#N)nc1.[Ir].[c-]1ccccc1-c1ccc(-c2ccccc2)cn1. The molecular weight excluding hydrogens is 621 g/mol. The van der Waals surface area contributed by atoms with E-state index in [1.54, 1.807) is 0 Å². The first-order chi connectivity index (χ1) is 18.4. The van der Waals surface area contributed by atoms with Crippen molar-refractivity contribution in [2.24, 2.45) is 0 Å². The molecule has 4 nitrogen and oxygen atoms in total. The summed E-state index contributed by atoms with van der Waals surface area (Å²) in [4.78, 5) is 11.8. The predicted molar refractivity (Wildman–Crippen MR) is 138 cm³/mol. The van der Waals surface area contributed by atoms with E-state index in [1.165, 1.54) is 36.0 Å². The van der Waals surface area contributed by atoms with Crippen LogP contribution in [-0.2, 0) is 20.1 Å². The van der Waals surface area contributed by atoms with E-state index < -0.39 is 6.85 Å². The molecule has 0 amide bonds. The molecule has 5 heteroatoms. The normalized spacial score (nSPS) is 11.1. The van der Waals surface area contributed by atoms with Crippen molar-refractivity contribution in [1.29, 1.82) is 5.26 Å². The molecule has 0 saturated heterocycles. The van der Waals surface area contributed by atoms with Crippen molar-refractivity contribution in [1.82, 2.24) is 9.97 Å². The fraction of sp³-hybridized carbons (Fsp3) is 0.0323. The first kappa shape index (κ1) is 22.1. The van der Waals surface area contributed by atoms with Gasteiger partial charge in [0.05, 0.1) is 6.57 Å². The van der Waals surface area contributed by atoms with Gasteiger partial charge in [0, 0.05) is 42.7 Å². The number of benzene rings is 3. The minimum atomic E-state index is -2.22. The summed E-state index contributed by atoms with van der Waals surface area (Å²) in [5.74, 6) is 0. The van der Waals surface area contributed by atoms with Gasteiger partial charge in [-0.3, -0.25) is 4.85 Å². The summed E-state index contributed by atoms with van der Waals surface area (Å²) in [7, 11) is 0. The Morgan fingerprint density at radius 1 is 0.861 bits per heavy atom. The monoisotopic (exact) mass is 644 g/mol. The van der Waals surface area contributed by atoms with Crippen molar-refractivity contribution < 1.29 is 24.2 Å². The van der Waals surface area contributed by atoms with E-state index in [4.69, 9.17) is 15.9 Å². The molecule has 0 bridgehead atoms. The van der Waals surface area contributed by atoms with Crippen LogP contribution in [-0.4, -0.2) is 9.97 Å². The summed E-state index contributed by atoms with van der Waals surface area (Å²) in [6.45, 7) is 4.75. The average molecular weight is 644 g/mol. The average Bonchev–Trinajstić information content (AvgIpc) is 2.98. The summed E-state index contributed by atoms with van der Waals surface area (Å²) in [6, 6.07) is 36.3. The van der Waals surface area contributed by atoms with Gasteiger partial charge in [0.25, 0.3) is 0 Å². The van der Waals surface area contributed by atoms with Crippen LogP contribution < -0.4 is 0 Å². The van der Waals surface area contributed by atoms with Gasteiger partial charge in [-0.2, -0.15) is 0 Å². The molecule has 175 valence electrons. The Morgan fingerprint density at radius 3 is 2.25 bits per heavy atom. The van der Waals surface area contributed by atoms with Crippen LogP contribution in [0.2, 0.25) is 0 Å². The van der Waals surface area contributed by atoms with Gasteiger partial charge in [-0.15, -0.1) is 59.7 Å². The topological polar surface area (TPSA) is 53.9 Å². The maximum absolute atomic E-state index is 9.06. The number of nitriles is 1. The zero-order chi connectivity index (χ0) is 27.0. The van der Waals surface area contributed by atoms with E-state index in [-0.39, 0.29) is 31.4 Å². The van der Waals surface area contributed by atoms with Crippen molar-refractivity contribution in [2.45, 2.75) is 6.85 Å². The molecule has 0 aliphatic carbocycles. The Morgan fingerprint density at radius 2 is 1.64 bits per heavy atom. The van der Waals surface area contributed by atoms with E-state index in [0.29, 0.717) is 16.8 Å². The molecule has 0 N–H and O–H groups in total. The molecule has 0 aliphatic heterocycles. The maximum Gasteiger partial charge on any atom is 0.106 e. The third kappa shape index (κ3) is 6.59. The quantitative estimate of drug-likeness (QED) is 0.192. The van der Waals surface area contributed by atoms with E-state index in [0.717, 1.165) is 16.8 Å². The third-order valence-electron chi connectivity index (χ3n) is 5.05. The number of nitrogens with zero attached hydrogens (tertiary/aromatic N) is 4. The Hall–Kier alpha value is -4.41. The van der Waals surface area contributed by atoms with Crippen LogP contribution in [0.25, 0.3) is 38.5 Å². The zero-order valence-corrected chi connectivity index (χ0v) is 21.3. The summed E-state index contributed by atoms with van der Waals surface area (Å²) in [5.41, 5.74) is 5.86. The number of hydrogen-bond donors (Lipinski definition) is 0. The van der Waals surface area contributed by atoms with Crippen molar-refractivity contribution in [3.05, 3.63) is 138 Å². The van der Waals surface area contributed by atoms with Crippen LogP contribution in [0.5, 0.6) is 0 Å².